The summed E-state index contributed by atoms with van der Waals surface area (Å²) in [5.41, 5.74) is 0.416. The van der Waals surface area contributed by atoms with Crippen LogP contribution in [0.5, 0.6) is 0 Å². The van der Waals surface area contributed by atoms with Crippen molar-refractivity contribution in [2.24, 2.45) is 5.41 Å². The Balaban J connectivity index is 2.52. The van der Waals surface area contributed by atoms with Crippen LogP contribution < -0.4 is 0 Å². The fourth-order valence-corrected chi connectivity index (χ4v) is 2.74. The Labute approximate surface area is 93.8 Å². The van der Waals surface area contributed by atoms with Crippen molar-refractivity contribution in [3.63, 3.8) is 0 Å². The predicted octanol–water partition coefficient (Wildman–Crippen LogP) is 1.54. The SMILES string of the molecule is CCS(=O)(=O)CCN1CC(C)(C)C1(C)C. The molecule has 15 heavy (non-hydrogen) atoms. The van der Waals surface area contributed by atoms with E-state index in [-0.39, 0.29) is 11.3 Å². The third-order valence-electron chi connectivity index (χ3n) is 4.14. The van der Waals surface area contributed by atoms with Crippen molar-refractivity contribution in [3.8, 4) is 0 Å². The molecule has 3 nitrogen and oxygen atoms in total. The third kappa shape index (κ3) is 2.36. The van der Waals surface area contributed by atoms with E-state index < -0.39 is 9.84 Å². The second-order valence-electron chi connectivity index (χ2n) is 5.60. The third-order valence-corrected chi connectivity index (χ3v) is 5.83. The molecule has 0 aliphatic carbocycles. The molecule has 0 aromatic heterocycles. The highest BCUT2D eigenvalue weighted by atomic mass is 32.2. The second kappa shape index (κ2) is 3.74. The molecule has 0 aromatic rings. The van der Waals surface area contributed by atoms with Gasteiger partial charge in [0.1, 0.15) is 0 Å². The molecule has 0 N–H and O–H groups in total. The van der Waals surface area contributed by atoms with Crippen molar-refractivity contribution < 1.29 is 8.42 Å². The summed E-state index contributed by atoms with van der Waals surface area (Å²) in [6.45, 7) is 12.2. The predicted molar refractivity (Wildman–Crippen MR) is 63.8 cm³/mol. The highest BCUT2D eigenvalue weighted by molar-refractivity contribution is 7.91. The second-order valence-corrected chi connectivity index (χ2v) is 8.07. The van der Waals surface area contributed by atoms with Gasteiger partial charge in [-0.3, -0.25) is 4.90 Å². The van der Waals surface area contributed by atoms with Crippen molar-refractivity contribution in [2.75, 3.05) is 24.6 Å². The van der Waals surface area contributed by atoms with Gasteiger partial charge in [-0.05, 0) is 19.3 Å². The molecule has 1 aliphatic rings. The van der Waals surface area contributed by atoms with E-state index in [4.69, 9.17) is 0 Å². The molecule has 0 unspecified atom stereocenters. The van der Waals surface area contributed by atoms with Crippen LogP contribution in [0.25, 0.3) is 0 Å². The van der Waals surface area contributed by atoms with Gasteiger partial charge in [0, 0.05) is 24.4 Å². The Morgan fingerprint density at radius 3 is 2.07 bits per heavy atom. The number of sulfone groups is 1. The van der Waals surface area contributed by atoms with E-state index in [2.05, 4.69) is 32.6 Å². The van der Waals surface area contributed by atoms with Crippen LogP contribution in [0.1, 0.15) is 34.6 Å². The topological polar surface area (TPSA) is 37.4 Å². The number of hydrogen-bond acceptors (Lipinski definition) is 3. The summed E-state index contributed by atoms with van der Waals surface area (Å²) >= 11 is 0. The van der Waals surface area contributed by atoms with Gasteiger partial charge in [-0.25, -0.2) is 8.42 Å². The summed E-state index contributed by atoms with van der Waals surface area (Å²) in [7, 11) is -2.82. The number of nitrogens with zero attached hydrogens (tertiary/aromatic N) is 1. The number of hydrogen-bond donors (Lipinski definition) is 0. The average molecular weight is 233 g/mol. The van der Waals surface area contributed by atoms with Crippen molar-refractivity contribution in [3.05, 3.63) is 0 Å². The molecule has 0 radical (unpaired) electrons. The maximum atomic E-state index is 11.4. The molecule has 1 heterocycles. The minimum absolute atomic E-state index is 0.121. The summed E-state index contributed by atoms with van der Waals surface area (Å²) in [5.74, 6) is 0.549. The molecule has 0 amide bonds. The van der Waals surface area contributed by atoms with Crippen LogP contribution in [0.15, 0.2) is 0 Å². The molecule has 1 rings (SSSR count). The quantitative estimate of drug-likeness (QED) is 0.739. The lowest BCUT2D eigenvalue weighted by molar-refractivity contribution is -0.112. The largest absolute Gasteiger partial charge is 0.296 e. The Morgan fingerprint density at radius 1 is 1.20 bits per heavy atom. The molecule has 0 spiro atoms. The van der Waals surface area contributed by atoms with Crippen molar-refractivity contribution >= 4 is 9.84 Å². The first kappa shape index (κ1) is 13.0. The van der Waals surface area contributed by atoms with Gasteiger partial charge in [-0.2, -0.15) is 0 Å². The smallest absolute Gasteiger partial charge is 0.151 e. The van der Waals surface area contributed by atoms with Gasteiger partial charge in [0.05, 0.1) is 5.75 Å². The van der Waals surface area contributed by atoms with Crippen LogP contribution in [0.4, 0.5) is 0 Å². The van der Waals surface area contributed by atoms with E-state index in [1.54, 1.807) is 6.92 Å². The zero-order valence-corrected chi connectivity index (χ0v) is 11.3. The molecule has 1 fully saturated rings. The van der Waals surface area contributed by atoms with Crippen molar-refractivity contribution in [1.29, 1.82) is 0 Å². The molecular weight excluding hydrogens is 210 g/mol. The standard InChI is InChI=1S/C11H23NO2S/c1-6-15(13,14)8-7-12-9-10(2,3)11(12,4)5/h6-9H2,1-5H3. The normalized spacial score (nSPS) is 24.9. The van der Waals surface area contributed by atoms with Crippen molar-refractivity contribution in [1.82, 2.24) is 4.90 Å². The zero-order valence-electron chi connectivity index (χ0n) is 10.5. The molecule has 90 valence electrons. The molecule has 0 bridgehead atoms. The lowest BCUT2D eigenvalue weighted by Crippen LogP contribution is -2.69. The summed E-state index contributed by atoms with van der Waals surface area (Å²) < 4.78 is 22.8. The van der Waals surface area contributed by atoms with Gasteiger partial charge in [0.25, 0.3) is 0 Å². The Hall–Kier alpha value is -0.0900. The summed E-state index contributed by atoms with van der Waals surface area (Å²) in [5, 5.41) is 0. The Morgan fingerprint density at radius 2 is 1.73 bits per heavy atom. The molecule has 1 aliphatic heterocycles. The van der Waals surface area contributed by atoms with Gasteiger partial charge in [0.2, 0.25) is 0 Å². The summed E-state index contributed by atoms with van der Waals surface area (Å²) in [4.78, 5) is 2.26. The van der Waals surface area contributed by atoms with Gasteiger partial charge in [0.15, 0.2) is 9.84 Å². The van der Waals surface area contributed by atoms with Crippen LogP contribution in [0.3, 0.4) is 0 Å². The minimum atomic E-state index is -2.82. The fourth-order valence-electron chi connectivity index (χ4n) is 1.96. The van der Waals surface area contributed by atoms with Crippen LogP contribution >= 0.6 is 0 Å². The lowest BCUT2D eigenvalue weighted by Gasteiger charge is -2.61. The molecule has 0 saturated carbocycles. The average Bonchev–Trinajstić information content (AvgIpc) is 2.12. The number of rotatable bonds is 4. The van der Waals surface area contributed by atoms with E-state index in [0.717, 1.165) is 6.54 Å². The Bertz CT molecular complexity index is 330. The fraction of sp³-hybridized carbons (Fsp3) is 1.00. The van der Waals surface area contributed by atoms with Crippen LogP contribution in [-0.4, -0.2) is 43.5 Å². The Kier molecular flexibility index (Phi) is 3.23. The highest BCUT2D eigenvalue weighted by Gasteiger charge is 2.51. The molecule has 4 heteroatoms. The summed E-state index contributed by atoms with van der Waals surface area (Å²) in [6, 6.07) is 0. The summed E-state index contributed by atoms with van der Waals surface area (Å²) in [6.07, 6.45) is 0. The van der Waals surface area contributed by atoms with E-state index in [9.17, 15) is 8.42 Å². The van der Waals surface area contributed by atoms with Gasteiger partial charge < -0.3 is 0 Å². The lowest BCUT2D eigenvalue weighted by atomic mass is 9.65. The first-order valence-electron chi connectivity index (χ1n) is 5.58. The molecular formula is C11H23NO2S. The van der Waals surface area contributed by atoms with E-state index >= 15 is 0 Å². The monoisotopic (exact) mass is 233 g/mol. The zero-order chi connectivity index (χ0) is 11.9. The van der Waals surface area contributed by atoms with E-state index in [0.29, 0.717) is 17.7 Å². The van der Waals surface area contributed by atoms with Crippen LogP contribution in [-0.2, 0) is 9.84 Å². The minimum Gasteiger partial charge on any atom is -0.296 e. The van der Waals surface area contributed by atoms with Crippen molar-refractivity contribution in [2.45, 2.75) is 40.2 Å². The van der Waals surface area contributed by atoms with Crippen LogP contribution in [0.2, 0.25) is 0 Å². The van der Waals surface area contributed by atoms with Gasteiger partial charge in [-0.15, -0.1) is 0 Å². The first-order valence-corrected chi connectivity index (χ1v) is 7.40. The molecule has 1 saturated heterocycles. The van der Waals surface area contributed by atoms with E-state index in [1.165, 1.54) is 0 Å². The molecule has 0 aromatic carbocycles. The maximum absolute atomic E-state index is 11.4. The molecule has 0 atom stereocenters. The maximum Gasteiger partial charge on any atom is 0.151 e. The van der Waals surface area contributed by atoms with Crippen LogP contribution in [0, 0.1) is 5.41 Å². The van der Waals surface area contributed by atoms with E-state index in [1.807, 2.05) is 0 Å². The van der Waals surface area contributed by atoms with Gasteiger partial charge >= 0.3 is 0 Å². The van der Waals surface area contributed by atoms with Gasteiger partial charge in [-0.1, -0.05) is 20.8 Å². The first-order chi connectivity index (χ1) is 6.62. The number of likely N-dealkylation sites (tertiary alicyclic amines) is 1. The highest BCUT2D eigenvalue weighted by Crippen LogP contribution is 2.45.